The van der Waals surface area contributed by atoms with Gasteiger partial charge >= 0.3 is 0 Å². The van der Waals surface area contributed by atoms with Gasteiger partial charge in [0.1, 0.15) is 5.69 Å². The lowest BCUT2D eigenvalue weighted by molar-refractivity contribution is -0.384. The number of hydrogen-bond donors (Lipinski definition) is 1. The van der Waals surface area contributed by atoms with E-state index in [0.29, 0.717) is 11.7 Å². The summed E-state index contributed by atoms with van der Waals surface area (Å²) in [6.07, 6.45) is 3.57. The molecule has 1 atom stereocenters. The third kappa shape index (κ3) is 4.17. The molecule has 5 nitrogen and oxygen atoms in total. The van der Waals surface area contributed by atoms with Crippen LogP contribution in [0.5, 0.6) is 0 Å². The molecule has 1 saturated carbocycles. The van der Waals surface area contributed by atoms with Gasteiger partial charge in [-0.1, -0.05) is 13.0 Å². The van der Waals surface area contributed by atoms with E-state index in [0.717, 1.165) is 31.0 Å². The molecule has 0 bridgehead atoms. The molecule has 1 unspecified atom stereocenters. The molecule has 0 amide bonds. The average Bonchev–Trinajstić information content (AvgIpc) is 3.29. The van der Waals surface area contributed by atoms with E-state index in [1.165, 1.54) is 12.8 Å². The topological polar surface area (TPSA) is 58.4 Å². The second kappa shape index (κ2) is 6.89. The van der Waals surface area contributed by atoms with Crippen molar-refractivity contribution in [2.24, 2.45) is 5.92 Å². The Hall–Kier alpha value is -1.62. The molecule has 1 aliphatic rings. The van der Waals surface area contributed by atoms with Crippen LogP contribution in [0.1, 0.15) is 38.7 Å². The van der Waals surface area contributed by atoms with Crippen molar-refractivity contribution in [3.63, 3.8) is 0 Å². The van der Waals surface area contributed by atoms with E-state index >= 15 is 0 Å². The van der Waals surface area contributed by atoms with Crippen LogP contribution in [-0.4, -0.2) is 29.5 Å². The minimum Gasteiger partial charge on any atom is -0.380 e. The highest BCUT2D eigenvalue weighted by atomic mass is 16.6. The molecule has 0 spiro atoms. The Morgan fingerprint density at radius 3 is 2.76 bits per heavy atom. The Labute approximate surface area is 126 Å². The smallest absolute Gasteiger partial charge is 0.292 e. The summed E-state index contributed by atoms with van der Waals surface area (Å²) in [4.78, 5) is 13.2. The predicted octanol–water partition coefficient (Wildman–Crippen LogP) is 3.65. The molecule has 5 heteroatoms. The summed E-state index contributed by atoms with van der Waals surface area (Å²) in [6.45, 7) is 5.79. The Bertz CT molecular complexity index is 500. The van der Waals surface area contributed by atoms with Gasteiger partial charge in [-0.3, -0.25) is 15.0 Å². The van der Waals surface area contributed by atoms with E-state index in [-0.39, 0.29) is 10.6 Å². The van der Waals surface area contributed by atoms with Crippen LogP contribution in [0.2, 0.25) is 0 Å². The minimum atomic E-state index is -0.300. The quantitative estimate of drug-likeness (QED) is 0.586. The highest BCUT2D eigenvalue weighted by Gasteiger charge is 2.30. The van der Waals surface area contributed by atoms with Crippen molar-refractivity contribution in [1.29, 1.82) is 0 Å². The molecular weight excluding hydrogens is 266 g/mol. The molecule has 1 aromatic carbocycles. The molecule has 1 aliphatic carbocycles. The molecule has 2 rings (SSSR count). The van der Waals surface area contributed by atoms with E-state index in [2.05, 4.69) is 24.2 Å². The van der Waals surface area contributed by atoms with Crippen LogP contribution in [-0.2, 0) is 6.54 Å². The van der Waals surface area contributed by atoms with Crippen LogP contribution in [0.3, 0.4) is 0 Å². The maximum atomic E-state index is 11.2. The highest BCUT2D eigenvalue weighted by Crippen LogP contribution is 2.35. The first-order valence-electron chi connectivity index (χ1n) is 7.74. The van der Waals surface area contributed by atoms with E-state index < -0.39 is 0 Å². The molecular formula is C16H25N3O2. The fourth-order valence-electron chi connectivity index (χ4n) is 2.61. The minimum absolute atomic E-state index is 0.174. The lowest BCUT2D eigenvalue weighted by Gasteiger charge is -2.24. The number of benzene rings is 1. The molecule has 0 heterocycles. The number of nitrogens with one attached hydrogen (secondary N) is 1. The maximum absolute atomic E-state index is 11.2. The molecule has 1 N–H and O–H groups in total. The summed E-state index contributed by atoms with van der Waals surface area (Å²) in [6, 6.07) is 6.07. The average molecular weight is 291 g/mol. The largest absolute Gasteiger partial charge is 0.380 e. The van der Waals surface area contributed by atoms with Crippen molar-refractivity contribution < 1.29 is 4.92 Å². The Balaban J connectivity index is 2.09. The number of nitrogens with zero attached hydrogens (tertiary/aromatic N) is 2. The zero-order valence-electron chi connectivity index (χ0n) is 13.1. The van der Waals surface area contributed by atoms with E-state index in [1.807, 2.05) is 19.1 Å². The highest BCUT2D eigenvalue weighted by molar-refractivity contribution is 5.62. The Morgan fingerprint density at radius 2 is 2.19 bits per heavy atom. The first kappa shape index (κ1) is 15.8. The van der Waals surface area contributed by atoms with Crippen molar-refractivity contribution >= 4 is 11.4 Å². The van der Waals surface area contributed by atoms with Crippen LogP contribution in [0.4, 0.5) is 11.4 Å². The zero-order valence-corrected chi connectivity index (χ0v) is 13.1. The van der Waals surface area contributed by atoms with Crippen LogP contribution in [0.25, 0.3) is 0 Å². The third-order valence-corrected chi connectivity index (χ3v) is 4.26. The molecule has 0 aliphatic heterocycles. The van der Waals surface area contributed by atoms with Crippen molar-refractivity contribution in [2.45, 2.75) is 45.7 Å². The number of hydrogen-bond acceptors (Lipinski definition) is 4. The van der Waals surface area contributed by atoms with Crippen molar-refractivity contribution in [2.75, 3.05) is 18.9 Å². The van der Waals surface area contributed by atoms with Crippen molar-refractivity contribution in [3.8, 4) is 0 Å². The predicted molar refractivity (Wildman–Crippen MR) is 85.5 cm³/mol. The van der Waals surface area contributed by atoms with Crippen LogP contribution in [0, 0.1) is 16.0 Å². The monoisotopic (exact) mass is 291 g/mol. The normalized spacial score (nSPS) is 16.0. The fraction of sp³-hybridized carbons (Fsp3) is 0.625. The van der Waals surface area contributed by atoms with Crippen LogP contribution in [0.15, 0.2) is 18.2 Å². The molecule has 116 valence electrons. The first-order valence-corrected chi connectivity index (χ1v) is 7.74. The van der Waals surface area contributed by atoms with E-state index in [1.54, 1.807) is 6.07 Å². The van der Waals surface area contributed by atoms with E-state index in [9.17, 15) is 10.1 Å². The number of nitro groups is 1. The summed E-state index contributed by atoms with van der Waals surface area (Å²) in [5.74, 6) is 0.801. The summed E-state index contributed by atoms with van der Waals surface area (Å²) in [5, 5.41) is 14.3. The molecule has 1 fully saturated rings. The van der Waals surface area contributed by atoms with Gasteiger partial charge in [0.2, 0.25) is 0 Å². The second-order valence-electron chi connectivity index (χ2n) is 6.03. The van der Waals surface area contributed by atoms with Gasteiger partial charge < -0.3 is 5.32 Å². The van der Waals surface area contributed by atoms with Crippen molar-refractivity contribution in [3.05, 3.63) is 33.9 Å². The fourth-order valence-corrected chi connectivity index (χ4v) is 2.61. The third-order valence-electron chi connectivity index (χ3n) is 4.26. The van der Waals surface area contributed by atoms with Gasteiger partial charge in [0.05, 0.1) is 4.92 Å². The van der Waals surface area contributed by atoms with Gasteiger partial charge in [0.25, 0.3) is 5.69 Å². The molecule has 0 aromatic heterocycles. The number of nitro benzene ring substituents is 1. The first-order chi connectivity index (χ1) is 10.0. The van der Waals surface area contributed by atoms with Gasteiger partial charge in [-0.2, -0.15) is 0 Å². The lowest BCUT2D eigenvalue weighted by Crippen LogP contribution is -2.30. The standard InChI is InChI=1S/C16H25N3O2/c1-4-9-17-15-8-5-13(10-16(15)19(20)21)11-18(3)12(2)14-6-7-14/h5,8,10,12,14,17H,4,6-7,9,11H2,1-3H3. The molecule has 0 radical (unpaired) electrons. The van der Waals surface area contributed by atoms with Crippen LogP contribution < -0.4 is 5.32 Å². The maximum Gasteiger partial charge on any atom is 0.292 e. The number of rotatable bonds is 8. The second-order valence-corrected chi connectivity index (χ2v) is 6.03. The summed E-state index contributed by atoms with van der Waals surface area (Å²) < 4.78 is 0. The lowest BCUT2D eigenvalue weighted by atomic mass is 10.1. The summed E-state index contributed by atoms with van der Waals surface area (Å²) in [7, 11) is 2.10. The van der Waals surface area contributed by atoms with E-state index in [4.69, 9.17) is 0 Å². The molecule has 0 saturated heterocycles. The van der Waals surface area contributed by atoms with Gasteiger partial charge in [-0.25, -0.2) is 0 Å². The van der Waals surface area contributed by atoms with Crippen LogP contribution >= 0.6 is 0 Å². The summed E-state index contributed by atoms with van der Waals surface area (Å²) in [5.41, 5.74) is 1.79. The van der Waals surface area contributed by atoms with Crippen molar-refractivity contribution in [1.82, 2.24) is 4.90 Å². The molecule has 21 heavy (non-hydrogen) atoms. The molecule has 1 aromatic rings. The van der Waals surface area contributed by atoms with Gasteiger partial charge in [0.15, 0.2) is 0 Å². The summed E-state index contributed by atoms with van der Waals surface area (Å²) >= 11 is 0. The number of anilines is 1. The van der Waals surface area contributed by atoms with Gasteiger partial charge in [0, 0.05) is 25.2 Å². The zero-order chi connectivity index (χ0) is 15.4. The Kier molecular flexibility index (Phi) is 5.17. The van der Waals surface area contributed by atoms with Gasteiger partial charge in [-0.15, -0.1) is 0 Å². The SMILES string of the molecule is CCCNc1ccc(CN(C)C(C)C2CC2)cc1[N+](=O)[O-]. The Morgan fingerprint density at radius 1 is 1.48 bits per heavy atom. The van der Waals surface area contributed by atoms with Gasteiger partial charge in [-0.05, 0) is 50.8 Å².